The maximum atomic E-state index is 14.1. The fourth-order valence-corrected chi connectivity index (χ4v) is 6.49. The molecule has 0 saturated heterocycles. The summed E-state index contributed by atoms with van der Waals surface area (Å²) >= 11 is 0. The van der Waals surface area contributed by atoms with Gasteiger partial charge >= 0.3 is 0 Å². The lowest BCUT2D eigenvalue weighted by Gasteiger charge is -2.40. The smallest absolute Gasteiger partial charge is 0.243 e. The Labute approximate surface area is 251 Å². The summed E-state index contributed by atoms with van der Waals surface area (Å²) < 4.78 is 65.4. The van der Waals surface area contributed by atoms with Gasteiger partial charge in [0, 0.05) is 13.2 Å². The molecule has 4 rings (SSSR count). The van der Waals surface area contributed by atoms with Crippen molar-refractivity contribution in [3.05, 3.63) is 54.5 Å². The van der Waals surface area contributed by atoms with Crippen LogP contribution in [0.15, 0.2) is 42.9 Å². The average Bonchev–Trinajstić information content (AvgIpc) is 3.56. The summed E-state index contributed by atoms with van der Waals surface area (Å²) in [6.07, 6.45) is 2.58. The van der Waals surface area contributed by atoms with Gasteiger partial charge in [0.2, 0.25) is 16.0 Å². The second-order valence-corrected chi connectivity index (χ2v) is 18.3. The molecule has 43 heavy (non-hydrogen) atoms. The molecule has 232 valence electrons. The Balaban J connectivity index is 1.84. The Morgan fingerprint density at radius 1 is 1.02 bits per heavy atom. The lowest BCUT2D eigenvalue weighted by Crippen LogP contribution is -2.45. The largest absolute Gasteiger partial charge is 0.494 e. The number of aromatic nitrogens is 7. The van der Waals surface area contributed by atoms with Crippen LogP contribution in [-0.4, -0.2) is 70.7 Å². The molecule has 0 aliphatic rings. The minimum absolute atomic E-state index is 0.0474. The molecule has 4 aromatic rings. The van der Waals surface area contributed by atoms with E-state index in [9.17, 15) is 12.8 Å². The summed E-state index contributed by atoms with van der Waals surface area (Å²) in [4.78, 5) is 8.17. The highest BCUT2D eigenvalue weighted by molar-refractivity contribution is 7.93. The summed E-state index contributed by atoms with van der Waals surface area (Å²) in [7, 11) is -2.12. The Morgan fingerprint density at radius 3 is 2.14 bits per heavy atom. The Hall–Kier alpha value is -3.89. The number of para-hydroxylation sites is 1. The van der Waals surface area contributed by atoms with Gasteiger partial charge in [-0.15, -0.1) is 10.2 Å². The molecule has 1 N–H and O–H groups in total. The zero-order chi connectivity index (χ0) is 31.7. The van der Waals surface area contributed by atoms with Crippen LogP contribution in [0, 0.1) is 5.82 Å². The van der Waals surface area contributed by atoms with Crippen LogP contribution in [-0.2, 0) is 21.5 Å². The first-order chi connectivity index (χ1) is 20.1. The number of halogens is 1. The highest BCUT2D eigenvalue weighted by Gasteiger charge is 2.44. The van der Waals surface area contributed by atoms with E-state index in [1.54, 1.807) is 42.2 Å². The summed E-state index contributed by atoms with van der Waals surface area (Å²) in [5.74, 6) is 0.258. The van der Waals surface area contributed by atoms with Gasteiger partial charge in [0.1, 0.15) is 34.2 Å². The molecule has 2 unspecified atom stereocenters. The van der Waals surface area contributed by atoms with Gasteiger partial charge in [-0.3, -0.25) is 14.0 Å². The van der Waals surface area contributed by atoms with Crippen LogP contribution in [0.2, 0.25) is 18.1 Å². The topological polar surface area (TPSA) is 148 Å². The molecule has 3 aromatic heterocycles. The van der Waals surface area contributed by atoms with E-state index in [4.69, 9.17) is 13.9 Å². The van der Waals surface area contributed by atoms with Crippen molar-refractivity contribution in [2.75, 3.05) is 18.9 Å². The van der Waals surface area contributed by atoms with Gasteiger partial charge in [-0.05, 0) is 43.3 Å². The molecule has 16 heteroatoms. The second kappa shape index (κ2) is 12.0. The highest BCUT2D eigenvalue weighted by atomic mass is 32.2. The molecular weight excluding hydrogens is 595 g/mol. The molecule has 0 aliphatic heterocycles. The maximum absolute atomic E-state index is 14.1. The molecule has 3 heterocycles. The standard InChI is InChI=1S/C27H37FN8O5SSi/c1-17(23(24-29-15-18(28)16-30-24)41-43(8,9)27(2,3)4)42(37,38)34-26-32-31-25(19-13-14-35(5)33-19)36(26)22-20(39-6)11-10-12-21(22)40-7/h10-17,23H,1-9H3,(H,32,34). The van der Waals surface area contributed by atoms with Gasteiger partial charge < -0.3 is 13.9 Å². The van der Waals surface area contributed by atoms with Crippen molar-refractivity contribution in [3.8, 4) is 28.7 Å². The van der Waals surface area contributed by atoms with E-state index in [-0.39, 0.29) is 22.6 Å². The predicted octanol–water partition coefficient (Wildman–Crippen LogP) is 4.51. The minimum atomic E-state index is -4.28. The van der Waals surface area contributed by atoms with E-state index in [0.717, 1.165) is 12.4 Å². The van der Waals surface area contributed by atoms with Crippen molar-refractivity contribution in [2.24, 2.45) is 7.05 Å². The van der Waals surface area contributed by atoms with Gasteiger partial charge in [0.25, 0.3) is 0 Å². The van der Waals surface area contributed by atoms with Gasteiger partial charge in [0.05, 0.1) is 26.6 Å². The van der Waals surface area contributed by atoms with Crippen molar-refractivity contribution in [3.63, 3.8) is 0 Å². The number of hydrogen-bond acceptors (Lipinski definition) is 10. The predicted molar refractivity (Wildman–Crippen MR) is 162 cm³/mol. The number of nitrogens with zero attached hydrogens (tertiary/aromatic N) is 7. The van der Waals surface area contributed by atoms with Crippen molar-refractivity contribution >= 4 is 24.3 Å². The summed E-state index contributed by atoms with van der Waals surface area (Å²) in [5.41, 5.74) is 0.791. The van der Waals surface area contributed by atoms with Crippen molar-refractivity contribution in [2.45, 2.75) is 57.2 Å². The van der Waals surface area contributed by atoms with Crippen LogP contribution in [0.25, 0.3) is 17.2 Å². The quantitative estimate of drug-likeness (QED) is 0.234. The number of benzene rings is 1. The number of ether oxygens (including phenoxy) is 2. The van der Waals surface area contributed by atoms with E-state index in [0.29, 0.717) is 22.9 Å². The SMILES string of the molecule is COc1cccc(OC)c1-n1c(NS(=O)(=O)C(C)C(O[Si](C)(C)C(C)(C)C)c2ncc(F)cn2)nnc1-c1ccn(C)n1. The molecular formula is C27H37FN8O5SSi. The lowest BCUT2D eigenvalue weighted by atomic mass is 10.2. The minimum Gasteiger partial charge on any atom is -0.494 e. The normalized spacial score (nSPS) is 13.9. The summed E-state index contributed by atoms with van der Waals surface area (Å²) in [6, 6.07) is 6.87. The number of aryl methyl sites for hydroxylation is 1. The number of rotatable bonds is 11. The number of hydrogen-bond donors (Lipinski definition) is 1. The molecule has 0 bridgehead atoms. The van der Waals surface area contributed by atoms with E-state index >= 15 is 0 Å². The van der Waals surface area contributed by atoms with Crippen LogP contribution in [0.1, 0.15) is 39.6 Å². The van der Waals surface area contributed by atoms with Crippen LogP contribution in [0.5, 0.6) is 11.5 Å². The summed E-state index contributed by atoms with van der Waals surface area (Å²) in [6.45, 7) is 11.5. The van der Waals surface area contributed by atoms with Crippen molar-refractivity contribution in [1.82, 2.24) is 34.5 Å². The van der Waals surface area contributed by atoms with E-state index < -0.39 is 35.5 Å². The monoisotopic (exact) mass is 632 g/mol. The molecule has 2 atom stereocenters. The molecule has 13 nitrogen and oxygen atoms in total. The van der Waals surface area contributed by atoms with E-state index in [2.05, 4.69) is 30.0 Å². The number of sulfonamides is 1. The first-order valence-corrected chi connectivity index (χ1v) is 17.9. The molecule has 0 spiro atoms. The molecule has 0 fully saturated rings. The Morgan fingerprint density at radius 2 is 1.63 bits per heavy atom. The van der Waals surface area contributed by atoms with Crippen LogP contribution < -0.4 is 14.2 Å². The third kappa shape index (κ3) is 6.55. The van der Waals surface area contributed by atoms with Gasteiger partial charge in [-0.1, -0.05) is 26.8 Å². The lowest BCUT2D eigenvalue weighted by molar-refractivity contribution is 0.172. The highest BCUT2D eigenvalue weighted by Crippen LogP contribution is 2.42. The van der Waals surface area contributed by atoms with E-state index in [1.807, 2.05) is 33.9 Å². The fourth-order valence-electron chi connectivity index (χ4n) is 4.02. The van der Waals surface area contributed by atoms with Crippen molar-refractivity contribution < 1.29 is 26.7 Å². The maximum Gasteiger partial charge on any atom is 0.243 e. The first kappa shape index (κ1) is 32.0. The second-order valence-electron chi connectivity index (χ2n) is 11.5. The van der Waals surface area contributed by atoms with Crippen LogP contribution >= 0.6 is 0 Å². The Kier molecular flexibility index (Phi) is 8.94. The zero-order valence-corrected chi connectivity index (χ0v) is 27.5. The third-order valence-electron chi connectivity index (χ3n) is 7.50. The first-order valence-electron chi connectivity index (χ1n) is 13.4. The Bertz CT molecular complexity index is 1660. The molecule has 0 amide bonds. The number of anilines is 1. The number of nitrogens with one attached hydrogen (secondary N) is 1. The third-order valence-corrected chi connectivity index (χ3v) is 13.7. The molecule has 0 aliphatic carbocycles. The van der Waals surface area contributed by atoms with Crippen LogP contribution in [0.4, 0.5) is 10.3 Å². The number of methoxy groups -OCH3 is 2. The molecule has 1 aromatic carbocycles. The molecule has 0 saturated carbocycles. The van der Waals surface area contributed by atoms with Gasteiger partial charge in [-0.25, -0.2) is 22.8 Å². The summed E-state index contributed by atoms with van der Waals surface area (Å²) in [5, 5.41) is 11.4. The average molecular weight is 633 g/mol. The van der Waals surface area contributed by atoms with E-state index in [1.165, 1.54) is 25.7 Å². The van der Waals surface area contributed by atoms with Gasteiger partial charge in [-0.2, -0.15) is 5.10 Å². The van der Waals surface area contributed by atoms with Gasteiger partial charge in [0.15, 0.2) is 25.8 Å². The van der Waals surface area contributed by atoms with Crippen molar-refractivity contribution in [1.29, 1.82) is 0 Å². The van der Waals surface area contributed by atoms with Crippen LogP contribution in [0.3, 0.4) is 0 Å². The fraction of sp³-hybridized carbons (Fsp3) is 0.444. The zero-order valence-electron chi connectivity index (χ0n) is 25.7. The molecule has 0 radical (unpaired) electrons.